The van der Waals surface area contributed by atoms with E-state index in [9.17, 15) is 13.2 Å². The Kier molecular flexibility index (Phi) is 6.15. The van der Waals surface area contributed by atoms with Gasteiger partial charge in [0.25, 0.3) is 0 Å². The van der Waals surface area contributed by atoms with E-state index >= 15 is 0 Å². The molecule has 2 rings (SSSR count). The second kappa shape index (κ2) is 8.12. The lowest BCUT2D eigenvalue weighted by Gasteiger charge is -2.18. The highest BCUT2D eigenvalue weighted by molar-refractivity contribution is 7.88. The number of anilines is 1. The molecule has 0 heterocycles. The molecule has 0 saturated carbocycles. The number of benzene rings is 2. The van der Waals surface area contributed by atoms with Crippen LogP contribution in [0.25, 0.3) is 0 Å². The third-order valence-corrected chi connectivity index (χ3v) is 4.26. The van der Waals surface area contributed by atoms with Crippen molar-refractivity contribution >= 4 is 33.2 Å². The van der Waals surface area contributed by atoms with Crippen molar-refractivity contribution in [2.45, 2.75) is 12.5 Å². The summed E-state index contributed by atoms with van der Waals surface area (Å²) in [6.45, 7) is 0. The maximum atomic E-state index is 12.3. The molecule has 0 fully saturated rings. The number of nitrogens with one attached hydrogen (secondary N) is 2. The summed E-state index contributed by atoms with van der Waals surface area (Å²) in [5.41, 5.74) is 1.51. The molecular formula is C17H16ClN3O3S. The van der Waals surface area contributed by atoms with E-state index in [1.165, 1.54) is 0 Å². The maximum absolute atomic E-state index is 12.3. The second-order valence-corrected chi connectivity index (χ2v) is 7.66. The Labute approximate surface area is 151 Å². The summed E-state index contributed by atoms with van der Waals surface area (Å²) in [4.78, 5) is 12.3. The van der Waals surface area contributed by atoms with Crippen molar-refractivity contribution in [3.8, 4) is 6.07 Å². The molecule has 2 aromatic rings. The monoisotopic (exact) mass is 377 g/mol. The zero-order chi connectivity index (χ0) is 18.4. The lowest BCUT2D eigenvalue weighted by molar-refractivity contribution is -0.116. The van der Waals surface area contributed by atoms with Crippen LogP contribution < -0.4 is 10.0 Å². The van der Waals surface area contributed by atoms with Crippen LogP contribution in [-0.2, 0) is 14.8 Å². The Balaban J connectivity index is 2.16. The number of carbonyl (C=O) groups excluding carboxylic acids is 1. The van der Waals surface area contributed by atoms with Crippen molar-refractivity contribution in [2.75, 3.05) is 11.6 Å². The molecule has 1 atom stereocenters. The molecule has 1 unspecified atom stereocenters. The van der Waals surface area contributed by atoms with E-state index < -0.39 is 16.1 Å². The number of hydrogen-bond donors (Lipinski definition) is 2. The Bertz CT molecular complexity index is 905. The van der Waals surface area contributed by atoms with Gasteiger partial charge in [-0.15, -0.1) is 0 Å². The van der Waals surface area contributed by atoms with Gasteiger partial charge in [0.15, 0.2) is 0 Å². The molecule has 0 spiro atoms. The Hall–Kier alpha value is -2.40. The Morgan fingerprint density at radius 1 is 1.24 bits per heavy atom. The largest absolute Gasteiger partial charge is 0.326 e. The van der Waals surface area contributed by atoms with Crippen LogP contribution in [0.3, 0.4) is 0 Å². The van der Waals surface area contributed by atoms with Gasteiger partial charge in [0.1, 0.15) is 0 Å². The molecule has 0 aromatic heterocycles. The van der Waals surface area contributed by atoms with Crippen LogP contribution in [0.2, 0.25) is 5.02 Å². The van der Waals surface area contributed by atoms with Crippen LogP contribution in [0, 0.1) is 11.3 Å². The van der Waals surface area contributed by atoms with Crippen molar-refractivity contribution in [2.24, 2.45) is 0 Å². The number of sulfonamides is 1. The third kappa shape index (κ3) is 6.19. The molecule has 25 heavy (non-hydrogen) atoms. The predicted octanol–water partition coefficient (Wildman–Crippen LogP) is 2.83. The summed E-state index contributed by atoms with van der Waals surface area (Å²) >= 11 is 5.85. The number of nitrogens with zero attached hydrogens (tertiary/aromatic N) is 1. The SMILES string of the molecule is CS(=O)(=O)NC(CC(=O)Nc1cccc(C#N)c1)c1ccc(Cl)cc1. The second-order valence-electron chi connectivity index (χ2n) is 5.44. The van der Waals surface area contributed by atoms with E-state index in [1.54, 1.807) is 48.5 Å². The van der Waals surface area contributed by atoms with Crippen LogP contribution in [0.4, 0.5) is 5.69 Å². The summed E-state index contributed by atoms with van der Waals surface area (Å²) in [5.74, 6) is -0.383. The minimum Gasteiger partial charge on any atom is -0.326 e. The van der Waals surface area contributed by atoms with Crippen molar-refractivity contribution in [3.63, 3.8) is 0 Å². The predicted molar refractivity (Wildman–Crippen MR) is 96.6 cm³/mol. The van der Waals surface area contributed by atoms with Gasteiger partial charge in [-0.1, -0.05) is 29.8 Å². The van der Waals surface area contributed by atoms with Crippen LogP contribution >= 0.6 is 11.6 Å². The molecule has 0 aliphatic heterocycles. The first-order chi connectivity index (χ1) is 11.8. The average Bonchev–Trinajstić information content (AvgIpc) is 2.53. The third-order valence-electron chi connectivity index (χ3n) is 3.29. The van der Waals surface area contributed by atoms with Gasteiger partial charge in [-0.3, -0.25) is 4.79 Å². The summed E-state index contributed by atoms with van der Waals surface area (Å²) in [6.07, 6.45) is 0.926. The molecule has 130 valence electrons. The lowest BCUT2D eigenvalue weighted by Crippen LogP contribution is -2.30. The van der Waals surface area contributed by atoms with Crippen LogP contribution in [0.15, 0.2) is 48.5 Å². The van der Waals surface area contributed by atoms with E-state index in [4.69, 9.17) is 16.9 Å². The van der Waals surface area contributed by atoms with E-state index in [2.05, 4.69) is 10.0 Å². The minimum absolute atomic E-state index is 0.106. The fraction of sp³-hybridized carbons (Fsp3) is 0.176. The molecule has 0 aliphatic carbocycles. The number of amides is 1. The van der Waals surface area contributed by atoms with Gasteiger partial charge in [0.05, 0.1) is 23.9 Å². The smallest absolute Gasteiger partial charge is 0.226 e. The van der Waals surface area contributed by atoms with Gasteiger partial charge in [0.2, 0.25) is 15.9 Å². The van der Waals surface area contributed by atoms with Crippen molar-refractivity contribution in [3.05, 3.63) is 64.7 Å². The van der Waals surface area contributed by atoms with E-state index in [0.29, 0.717) is 21.8 Å². The quantitative estimate of drug-likeness (QED) is 0.808. The van der Waals surface area contributed by atoms with E-state index in [0.717, 1.165) is 6.26 Å². The number of hydrogen-bond acceptors (Lipinski definition) is 4. The van der Waals surface area contributed by atoms with Crippen LogP contribution in [0.1, 0.15) is 23.6 Å². The summed E-state index contributed by atoms with van der Waals surface area (Å²) in [6, 6.07) is 14.3. The van der Waals surface area contributed by atoms with Gasteiger partial charge >= 0.3 is 0 Å². The normalized spacial score (nSPS) is 12.2. The molecule has 1 amide bonds. The average molecular weight is 378 g/mol. The number of rotatable bonds is 6. The summed E-state index contributed by atoms with van der Waals surface area (Å²) < 4.78 is 25.6. The number of nitriles is 1. The highest BCUT2D eigenvalue weighted by Gasteiger charge is 2.20. The lowest BCUT2D eigenvalue weighted by atomic mass is 10.0. The van der Waals surface area contributed by atoms with Crippen molar-refractivity contribution in [1.82, 2.24) is 4.72 Å². The first-order valence-electron chi connectivity index (χ1n) is 7.29. The van der Waals surface area contributed by atoms with E-state index in [-0.39, 0.29) is 12.3 Å². The fourth-order valence-electron chi connectivity index (χ4n) is 2.24. The summed E-state index contributed by atoms with van der Waals surface area (Å²) in [7, 11) is -3.52. The first kappa shape index (κ1) is 18.9. The van der Waals surface area contributed by atoms with E-state index in [1.807, 2.05) is 6.07 Å². The molecule has 0 radical (unpaired) electrons. The summed E-state index contributed by atoms with van der Waals surface area (Å²) in [5, 5.41) is 12.1. The van der Waals surface area contributed by atoms with Crippen LogP contribution in [0.5, 0.6) is 0 Å². The molecule has 6 nitrogen and oxygen atoms in total. The molecule has 0 saturated heterocycles. The number of carbonyl (C=O) groups is 1. The minimum atomic E-state index is -3.52. The Morgan fingerprint density at radius 3 is 2.52 bits per heavy atom. The standard InChI is InChI=1S/C17H16ClN3O3S/c1-25(23,24)21-16(13-5-7-14(18)8-6-13)10-17(22)20-15-4-2-3-12(9-15)11-19/h2-9,16,21H,10H2,1H3,(H,20,22). The Morgan fingerprint density at radius 2 is 1.92 bits per heavy atom. The molecule has 2 N–H and O–H groups in total. The van der Waals surface area contributed by atoms with Gasteiger partial charge in [0, 0.05) is 17.1 Å². The molecular weight excluding hydrogens is 362 g/mol. The van der Waals surface area contributed by atoms with Gasteiger partial charge in [-0.2, -0.15) is 5.26 Å². The topological polar surface area (TPSA) is 99.1 Å². The first-order valence-corrected chi connectivity index (χ1v) is 9.56. The molecule has 0 bridgehead atoms. The van der Waals surface area contributed by atoms with Gasteiger partial charge in [-0.05, 0) is 35.9 Å². The maximum Gasteiger partial charge on any atom is 0.226 e. The molecule has 8 heteroatoms. The fourth-order valence-corrected chi connectivity index (χ4v) is 3.11. The zero-order valence-electron chi connectivity index (χ0n) is 13.4. The van der Waals surface area contributed by atoms with Crippen molar-refractivity contribution in [1.29, 1.82) is 5.26 Å². The number of halogens is 1. The van der Waals surface area contributed by atoms with Gasteiger partial charge < -0.3 is 5.32 Å². The highest BCUT2D eigenvalue weighted by atomic mass is 35.5. The van der Waals surface area contributed by atoms with Crippen molar-refractivity contribution < 1.29 is 13.2 Å². The molecule has 0 aliphatic rings. The highest BCUT2D eigenvalue weighted by Crippen LogP contribution is 2.21. The van der Waals surface area contributed by atoms with Gasteiger partial charge in [-0.25, -0.2) is 13.1 Å². The van der Waals surface area contributed by atoms with Crippen LogP contribution in [-0.4, -0.2) is 20.6 Å². The molecule has 2 aromatic carbocycles. The zero-order valence-corrected chi connectivity index (χ0v) is 14.9.